The summed E-state index contributed by atoms with van der Waals surface area (Å²) >= 11 is 0. The fourth-order valence-corrected chi connectivity index (χ4v) is 3.95. The Morgan fingerprint density at radius 2 is 2.08 bits per heavy atom. The van der Waals surface area contributed by atoms with E-state index >= 15 is 0 Å². The summed E-state index contributed by atoms with van der Waals surface area (Å²) in [6.07, 6.45) is 6.18. The van der Waals surface area contributed by atoms with Crippen molar-refractivity contribution >= 4 is 17.5 Å². The highest BCUT2D eigenvalue weighted by molar-refractivity contribution is 5.96. The first-order valence-electron chi connectivity index (χ1n) is 8.99. The second kappa shape index (κ2) is 6.41. The molecule has 1 aromatic heterocycles. The predicted molar refractivity (Wildman–Crippen MR) is 98.8 cm³/mol. The van der Waals surface area contributed by atoms with Gasteiger partial charge in [0.05, 0.1) is 11.6 Å². The van der Waals surface area contributed by atoms with Crippen LogP contribution in [-0.2, 0) is 11.2 Å². The van der Waals surface area contributed by atoms with Crippen LogP contribution in [0.1, 0.15) is 30.9 Å². The summed E-state index contributed by atoms with van der Waals surface area (Å²) in [5, 5.41) is 9.10. The number of hydrogen-bond acceptors (Lipinski definition) is 5. The van der Waals surface area contributed by atoms with Crippen molar-refractivity contribution in [3.63, 3.8) is 0 Å². The quantitative estimate of drug-likeness (QED) is 0.853. The zero-order valence-electron chi connectivity index (χ0n) is 14.9. The summed E-state index contributed by atoms with van der Waals surface area (Å²) in [4.78, 5) is 25.6. The molecule has 3 heterocycles. The number of aryl methyl sites for hydroxylation is 1. The Bertz CT molecular complexity index is 873. The number of amides is 1. The van der Waals surface area contributed by atoms with Crippen molar-refractivity contribution in [2.24, 2.45) is 5.41 Å². The number of carbonyl (C=O) groups excluding carboxylic acids is 1. The molecular weight excluding hydrogens is 326 g/mol. The molecule has 132 valence electrons. The van der Waals surface area contributed by atoms with E-state index in [9.17, 15) is 4.79 Å². The SMILES string of the molecule is CCc1cnc(N2CC[C@]3(CC(=O)N(c4cccc(C#N)c4)C3)C2)nc1. The van der Waals surface area contributed by atoms with Crippen LogP contribution < -0.4 is 9.80 Å². The van der Waals surface area contributed by atoms with Crippen molar-refractivity contribution in [2.45, 2.75) is 26.2 Å². The first-order valence-corrected chi connectivity index (χ1v) is 8.99. The van der Waals surface area contributed by atoms with Crippen molar-refractivity contribution in [1.29, 1.82) is 5.26 Å². The molecule has 0 unspecified atom stereocenters. The van der Waals surface area contributed by atoms with Gasteiger partial charge in [0.15, 0.2) is 0 Å². The molecule has 0 N–H and O–H groups in total. The second-order valence-corrected chi connectivity index (χ2v) is 7.24. The van der Waals surface area contributed by atoms with E-state index < -0.39 is 0 Å². The normalized spacial score (nSPS) is 22.2. The number of hydrogen-bond donors (Lipinski definition) is 0. The van der Waals surface area contributed by atoms with Gasteiger partial charge in [-0.25, -0.2) is 9.97 Å². The lowest BCUT2D eigenvalue weighted by molar-refractivity contribution is -0.117. The maximum Gasteiger partial charge on any atom is 0.227 e. The molecule has 0 radical (unpaired) electrons. The molecule has 2 aliphatic rings. The van der Waals surface area contributed by atoms with Crippen molar-refractivity contribution < 1.29 is 4.79 Å². The summed E-state index contributed by atoms with van der Waals surface area (Å²) in [5.74, 6) is 0.876. The molecule has 2 saturated heterocycles. The molecule has 0 aliphatic carbocycles. The lowest BCUT2D eigenvalue weighted by atomic mass is 9.86. The molecule has 6 heteroatoms. The number of anilines is 2. The predicted octanol–water partition coefficient (Wildman–Crippen LogP) is 2.54. The van der Waals surface area contributed by atoms with Crippen LogP contribution in [0.5, 0.6) is 0 Å². The summed E-state index contributed by atoms with van der Waals surface area (Å²) < 4.78 is 0. The van der Waals surface area contributed by atoms with Crippen LogP contribution in [-0.4, -0.2) is 35.5 Å². The number of nitrogens with zero attached hydrogens (tertiary/aromatic N) is 5. The van der Waals surface area contributed by atoms with E-state index in [-0.39, 0.29) is 11.3 Å². The van der Waals surface area contributed by atoms with E-state index in [1.807, 2.05) is 29.4 Å². The van der Waals surface area contributed by atoms with E-state index in [1.165, 1.54) is 0 Å². The number of nitriles is 1. The Morgan fingerprint density at radius 1 is 1.27 bits per heavy atom. The lowest BCUT2D eigenvalue weighted by Crippen LogP contribution is -2.31. The van der Waals surface area contributed by atoms with Crippen molar-refractivity contribution in [2.75, 3.05) is 29.4 Å². The highest BCUT2D eigenvalue weighted by atomic mass is 16.2. The van der Waals surface area contributed by atoms with E-state index in [4.69, 9.17) is 5.26 Å². The van der Waals surface area contributed by atoms with Crippen LogP contribution in [0.3, 0.4) is 0 Å². The third-order valence-corrected chi connectivity index (χ3v) is 5.43. The van der Waals surface area contributed by atoms with Gasteiger partial charge in [0.25, 0.3) is 0 Å². The molecule has 1 aromatic carbocycles. The van der Waals surface area contributed by atoms with Crippen molar-refractivity contribution in [3.05, 3.63) is 47.8 Å². The average Bonchev–Trinajstić information content (AvgIpc) is 3.24. The van der Waals surface area contributed by atoms with Gasteiger partial charge < -0.3 is 9.80 Å². The standard InChI is InChI=1S/C20H21N5O/c1-2-15-11-22-19(23-12-15)24-7-6-20(13-24)9-18(26)25(14-20)17-5-3-4-16(8-17)10-21/h3-5,8,11-12H,2,6-7,9,13-14H2,1H3/t20-/m0/s1. The summed E-state index contributed by atoms with van der Waals surface area (Å²) in [6, 6.07) is 9.42. The molecule has 0 saturated carbocycles. The number of rotatable bonds is 3. The van der Waals surface area contributed by atoms with Crippen LogP contribution >= 0.6 is 0 Å². The van der Waals surface area contributed by atoms with Gasteiger partial charge in [0.2, 0.25) is 11.9 Å². The second-order valence-electron chi connectivity index (χ2n) is 7.24. The maximum atomic E-state index is 12.7. The van der Waals surface area contributed by atoms with Gasteiger partial charge in [-0.1, -0.05) is 13.0 Å². The van der Waals surface area contributed by atoms with Crippen LogP contribution in [0.15, 0.2) is 36.7 Å². The van der Waals surface area contributed by atoms with E-state index in [2.05, 4.69) is 27.9 Å². The Morgan fingerprint density at radius 3 is 2.81 bits per heavy atom. The van der Waals surface area contributed by atoms with Crippen LogP contribution in [0, 0.1) is 16.7 Å². The molecule has 2 aliphatic heterocycles. The molecule has 1 atom stereocenters. The van der Waals surface area contributed by atoms with Crippen molar-refractivity contribution in [1.82, 2.24) is 9.97 Å². The fourth-order valence-electron chi connectivity index (χ4n) is 3.95. The van der Waals surface area contributed by atoms with Crippen molar-refractivity contribution in [3.8, 4) is 6.07 Å². The van der Waals surface area contributed by atoms with Gasteiger partial charge in [0, 0.05) is 49.6 Å². The fraction of sp³-hybridized carbons (Fsp3) is 0.400. The topological polar surface area (TPSA) is 73.1 Å². The Labute approximate surface area is 153 Å². The van der Waals surface area contributed by atoms with E-state index in [1.54, 1.807) is 12.1 Å². The minimum Gasteiger partial charge on any atom is -0.340 e. The smallest absolute Gasteiger partial charge is 0.227 e. The minimum absolute atomic E-state index is 0.0630. The third-order valence-electron chi connectivity index (χ3n) is 5.43. The minimum atomic E-state index is -0.0630. The summed E-state index contributed by atoms with van der Waals surface area (Å²) in [7, 11) is 0. The van der Waals surface area contributed by atoms with Gasteiger partial charge in [-0.15, -0.1) is 0 Å². The first kappa shape index (κ1) is 16.5. The molecule has 2 aromatic rings. The molecule has 1 spiro atoms. The number of aromatic nitrogens is 2. The number of carbonyl (C=O) groups is 1. The Balaban J connectivity index is 1.51. The zero-order chi connectivity index (χ0) is 18.1. The number of benzene rings is 1. The van der Waals surface area contributed by atoms with Gasteiger partial charge in [0.1, 0.15) is 0 Å². The van der Waals surface area contributed by atoms with Crippen LogP contribution in [0.2, 0.25) is 0 Å². The molecule has 4 rings (SSSR count). The molecular formula is C20H21N5O. The summed E-state index contributed by atoms with van der Waals surface area (Å²) in [5.41, 5.74) is 2.45. The van der Waals surface area contributed by atoms with Gasteiger partial charge in [-0.2, -0.15) is 5.26 Å². The maximum absolute atomic E-state index is 12.7. The average molecular weight is 347 g/mol. The summed E-state index contributed by atoms with van der Waals surface area (Å²) in [6.45, 7) is 4.43. The third kappa shape index (κ3) is 2.90. The molecule has 0 bridgehead atoms. The molecule has 6 nitrogen and oxygen atoms in total. The van der Waals surface area contributed by atoms with Crippen LogP contribution in [0.25, 0.3) is 0 Å². The van der Waals surface area contributed by atoms with Gasteiger partial charge in [-0.3, -0.25) is 4.79 Å². The molecule has 1 amide bonds. The lowest BCUT2D eigenvalue weighted by Gasteiger charge is -2.24. The molecule has 26 heavy (non-hydrogen) atoms. The Hall–Kier alpha value is -2.94. The van der Waals surface area contributed by atoms with Gasteiger partial charge >= 0.3 is 0 Å². The van der Waals surface area contributed by atoms with Crippen LogP contribution in [0.4, 0.5) is 11.6 Å². The monoisotopic (exact) mass is 347 g/mol. The highest BCUT2D eigenvalue weighted by Crippen LogP contribution is 2.42. The van der Waals surface area contributed by atoms with Gasteiger partial charge in [-0.05, 0) is 36.6 Å². The first-order chi connectivity index (χ1) is 12.6. The Kier molecular flexibility index (Phi) is 4.08. The largest absolute Gasteiger partial charge is 0.340 e. The van der Waals surface area contributed by atoms with E-state index in [0.29, 0.717) is 18.5 Å². The van der Waals surface area contributed by atoms with E-state index in [0.717, 1.165) is 43.1 Å². The highest BCUT2D eigenvalue weighted by Gasteiger charge is 2.48. The molecule has 2 fully saturated rings. The zero-order valence-corrected chi connectivity index (χ0v) is 14.9.